The summed E-state index contributed by atoms with van der Waals surface area (Å²) in [6.07, 6.45) is 4.21. The van der Waals surface area contributed by atoms with E-state index in [0.29, 0.717) is 24.4 Å². The van der Waals surface area contributed by atoms with Crippen molar-refractivity contribution in [2.24, 2.45) is 5.92 Å². The number of ether oxygens (including phenoxy) is 1. The first-order valence-electron chi connectivity index (χ1n) is 7.91. The van der Waals surface area contributed by atoms with Crippen LogP contribution in [0.15, 0.2) is 0 Å². The van der Waals surface area contributed by atoms with E-state index >= 15 is 0 Å². The molecule has 2 aliphatic rings. The standard InChI is InChI=1S/C15H23IN4O2/c1-15(2,3)22-14(21)17-8-9-6-11(7-9)20-18-12(10-4-5-10)13(16)19-20/h9-11H,4-8H2,1-3H3,(H,17,21). The second-order valence-corrected chi connectivity index (χ2v) is 8.37. The van der Waals surface area contributed by atoms with Gasteiger partial charge in [0.2, 0.25) is 0 Å². The molecule has 3 rings (SSSR count). The fourth-order valence-corrected chi connectivity index (χ4v) is 3.45. The molecule has 0 spiro atoms. The van der Waals surface area contributed by atoms with Gasteiger partial charge in [-0.15, -0.1) is 5.10 Å². The van der Waals surface area contributed by atoms with Crippen molar-refractivity contribution in [1.29, 1.82) is 0 Å². The molecule has 0 unspecified atom stereocenters. The van der Waals surface area contributed by atoms with Gasteiger partial charge in [-0.05, 0) is 75.0 Å². The Labute approximate surface area is 144 Å². The third kappa shape index (κ3) is 3.91. The van der Waals surface area contributed by atoms with Gasteiger partial charge in [-0.25, -0.2) is 4.79 Å². The third-order valence-corrected chi connectivity index (χ3v) is 4.82. The second-order valence-electron chi connectivity index (χ2n) is 7.34. The van der Waals surface area contributed by atoms with E-state index in [0.717, 1.165) is 16.5 Å². The summed E-state index contributed by atoms with van der Waals surface area (Å²) < 4.78 is 6.29. The fraction of sp³-hybridized carbons (Fsp3) is 0.800. The van der Waals surface area contributed by atoms with Gasteiger partial charge in [0.15, 0.2) is 0 Å². The minimum atomic E-state index is -0.443. The number of carbonyl (C=O) groups is 1. The van der Waals surface area contributed by atoms with Crippen LogP contribution in [0.1, 0.15) is 64.1 Å². The maximum absolute atomic E-state index is 11.6. The summed E-state index contributed by atoms with van der Waals surface area (Å²) in [7, 11) is 0. The van der Waals surface area contributed by atoms with Crippen LogP contribution < -0.4 is 5.32 Å². The van der Waals surface area contributed by atoms with Crippen LogP contribution >= 0.6 is 22.6 Å². The van der Waals surface area contributed by atoms with Crippen molar-refractivity contribution < 1.29 is 9.53 Å². The van der Waals surface area contributed by atoms with Crippen molar-refractivity contribution in [2.45, 2.75) is 64.0 Å². The van der Waals surface area contributed by atoms with E-state index in [4.69, 9.17) is 4.74 Å². The summed E-state index contributed by atoms with van der Waals surface area (Å²) >= 11 is 2.29. The summed E-state index contributed by atoms with van der Waals surface area (Å²) in [4.78, 5) is 13.5. The van der Waals surface area contributed by atoms with E-state index < -0.39 is 5.60 Å². The Bertz CT molecular complexity index is 556. The highest BCUT2D eigenvalue weighted by molar-refractivity contribution is 14.1. The van der Waals surface area contributed by atoms with E-state index in [1.165, 1.54) is 18.5 Å². The Kier molecular flexibility index (Phi) is 4.35. The molecule has 0 radical (unpaired) electrons. The molecular formula is C15H23IN4O2. The predicted molar refractivity (Wildman–Crippen MR) is 90.7 cm³/mol. The van der Waals surface area contributed by atoms with Gasteiger partial charge in [0.05, 0.1) is 11.7 Å². The smallest absolute Gasteiger partial charge is 0.407 e. The molecule has 1 aromatic rings. The van der Waals surface area contributed by atoms with Crippen molar-refractivity contribution in [3.8, 4) is 0 Å². The van der Waals surface area contributed by atoms with Gasteiger partial charge in [0, 0.05) is 12.5 Å². The van der Waals surface area contributed by atoms with Crippen LogP contribution in [0.3, 0.4) is 0 Å². The summed E-state index contributed by atoms with van der Waals surface area (Å²) in [5, 5.41) is 12.1. The minimum Gasteiger partial charge on any atom is -0.444 e. The lowest BCUT2D eigenvalue weighted by Crippen LogP contribution is -2.40. The molecule has 22 heavy (non-hydrogen) atoms. The lowest BCUT2D eigenvalue weighted by Gasteiger charge is -2.34. The molecule has 2 fully saturated rings. The molecule has 6 nitrogen and oxygen atoms in total. The number of nitrogens with one attached hydrogen (secondary N) is 1. The van der Waals surface area contributed by atoms with Crippen LogP contribution in [-0.4, -0.2) is 33.2 Å². The summed E-state index contributed by atoms with van der Waals surface area (Å²) in [6.45, 7) is 6.27. The Morgan fingerprint density at radius 2 is 2.05 bits per heavy atom. The topological polar surface area (TPSA) is 69.0 Å². The molecule has 1 heterocycles. The highest BCUT2D eigenvalue weighted by Gasteiger charge is 2.35. The zero-order chi connectivity index (χ0) is 15.9. The Morgan fingerprint density at radius 1 is 1.36 bits per heavy atom. The monoisotopic (exact) mass is 418 g/mol. The number of aromatic nitrogens is 3. The largest absolute Gasteiger partial charge is 0.444 e. The zero-order valence-corrected chi connectivity index (χ0v) is 15.5. The molecule has 1 N–H and O–H groups in total. The lowest BCUT2D eigenvalue weighted by atomic mass is 9.80. The van der Waals surface area contributed by atoms with Crippen molar-refractivity contribution >= 4 is 28.7 Å². The van der Waals surface area contributed by atoms with Gasteiger partial charge < -0.3 is 10.1 Å². The average molecular weight is 418 g/mol. The number of amides is 1. The Balaban J connectivity index is 1.42. The van der Waals surface area contributed by atoms with E-state index in [9.17, 15) is 4.79 Å². The fourth-order valence-electron chi connectivity index (χ4n) is 2.68. The molecule has 0 aliphatic heterocycles. The van der Waals surface area contributed by atoms with Gasteiger partial charge >= 0.3 is 6.09 Å². The highest BCUT2D eigenvalue weighted by atomic mass is 127. The average Bonchev–Trinajstić information content (AvgIpc) is 3.09. The molecule has 2 aliphatic carbocycles. The third-order valence-electron chi connectivity index (χ3n) is 4.05. The second kappa shape index (κ2) is 5.98. The normalized spacial score (nSPS) is 24.7. The molecule has 1 aromatic heterocycles. The van der Waals surface area contributed by atoms with Crippen molar-refractivity contribution in [3.63, 3.8) is 0 Å². The van der Waals surface area contributed by atoms with Crippen molar-refractivity contribution in [2.75, 3.05) is 6.54 Å². The molecule has 0 saturated heterocycles. The Morgan fingerprint density at radius 3 is 2.64 bits per heavy atom. The summed E-state index contributed by atoms with van der Waals surface area (Å²) in [6, 6.07) is 0.381. The van der Waals surface area contributed by atoms with Gasteiger partial charge in [-0.2, -0.15) is 9.90 Å². The first-order valence-corrected chi connectivity index (χ1v) is 8.99. The number of rotatable bonds is 4. The molecule has 0 bridgehead atoms. The SMILES string of the molecule is CC(C)(C)OC(=O)NCC1CC(n2nc(I)c(C3CC3)n2)C1. The summed E-state index contributed by atoms with van der Waals surface area (Å²) in [5.74, 6) is 1.14. The number of carbonyl (C=O) groups excluding carboxylic acids is 1. The van der Waals surface area contributed by atoms with E-state index in [1.54, 1.807) is 0 Å². The van der Waals surface area contributed by atoms with E-state index in [2.05, 4.69) is 38.1 Å². The van der Waals surface area contributed by atoms with Crippen LogP contribution in [0.4, 0.5) is 4.79 Å². The first-order chi connectivity index (χ1) is 10.3. The minimum absolute atomic E-state index is 0.335. The van der Waals surface area contributed by atoms with Gasteiger partial charge in [-0.1, -0.05) is 0 Å². The van der Waals surface area contributed by atoms with Gasteiger partial charge in [-0.3, -0.25) is 0 Å². The van der Waals surface area contributed by atoms with Crippen molar-refractivity contribution in [3.05, 3.63) is 9.39 Å². The number of nitrogens with zero attached hydrogens (tertiary/aromatic N) is 3. The maximum Gasteiger partial charge on any atom is 0.407 e. The molecule has 1 amide bonds. The summed E-state index contributed by atoms with van der Waals surface area (Å²) in [5.41, 5.74) is 0.733. The molecule has 122 valence electrons. The molecule has 0 aromatic carbocycles. The van der Waals surface area contributed by atoms with Gasteiger partial charge in [0.25, 0.3) is 0 Å². The lowest BCUT2D eigenvalue weighted by molar-refractivity contribution is 0.0495. The van der Waals surface area contributed by atoms with Crippen LogP contribution in [0.5, 0.6) is 0 Å². The van der Waals surface area contributed by atoms with Crippen LogP contribution in [0, 0.1) is 9.62 Å². The highest BCUT2D eigenvalue weighted by Crippen LogP contribution is 2.42. The van der Waals surface area contributed by atoms with Crippen LogP contribution in [0.25, 0.3) is 0 Å². The molecule has 7 heteroatoms. The predicted octanol–water partition coefficient (Wildman–Crippen LogP) is 3.24. The van der Waals surface area contributed by atoms with Crippen LogP contribution in [0.2, 0.25) is 0 Å². The quantitative estimate of drug-likeness (QED) is 0.763. The Hall–Kier alpha value is -0.860. The van der Waals surface area contributed by atoms with Crippen LogP contribution in [-0.2, 0) is 4.74 Å². The number of alkyl carbamates (subject to hydrolysis) is 1. The van der Waals surface area contributed by atoms with E-state index in [-0.39, 0.29) is 6.09 Å². The number of halogens is 1. The van der Waals surface area contributed by atoms with E-state index in [1.807, 2.05) is 25.6 Å². The molecule has 0 atom stereocenters. The first kappa shape index (κ1) is 16.0. The molecular weight excluding hydrogens is 395 g/mol. The number of hydrogen-bond acceptors (Lipinski definition) is 4. The molecule has 2 saturated carbocycles. The number of hydrogen-bond donors (Lipinski definition) is 1. The van der Waals surface area contributed by atoms with Crippen molar-refractivity contribution in [1.82, 2.24) is 20.3 Å². The maximum atomic E-state index is 11.6. The van der Waals surface area contributed by atoms with Gasteiger partial charge in [0.1, 0.15) is 9.30 Å². The zero-order valence-electron chi connectivity index (χ0n) is 13.3.